The van der Waals surface area contributed by atoms with Crippen LogP contribution < -0.4 is 0 Å². The Kier molecular flexibility index (Phi) is 3.90. The van der Waals surface area contributed by atoms with Gasteiger partial charge in [-0.25, -0.2) is 4.68 Å². The summed E-state index contributed by atoms with van der Waals surface area (Å²) in [5, 5.41) is 15.0. The monoisotopic (exact) mass is 298 g/mol. The minimum Gasteiger partial charge on any atom is -0.391 e. The first-order valence-electron chi connectivity index (χ1n) is 6.00. The second kappa shape index (κ2) is 5.16. The van der Waals surface area contributed by atoms with Crippen LogP contribution in [0.15, 0.2) is 24.3 Å². The fourth-order valence-corrected chi connectivity index (χ4v) is 2.45. The van der Waals surface area contributed by atoms with E-state index < -0.39 is 0 Å². The lowest BCUT2D eigenvalue weighted by Crippen LogP contribution is -2.15. The minimum absolute atomic E-state index is 0.143. The van der Waals surface area contributed by atoms with Gasteiger partial charge in [-0.05, 0) is 12.1 Å². The Labute approximate surface area is 122 Å². The molecule has 1 heterocycles. The van der Waals surface area contributed by atoms with Crippen LogP contribution in [0.1, 0.15) is 32.0 Å². The highest BCUT2D eigenvalue weighted by atomic mass is 35.5. The molecule has 1 aromatic heterocycles. The molecule has 102 valence electrons. The van der Waals surface area contributed by atoms with Gasteiger partial charge in [0.2, 0.25) is 0 Å². The summed E-state index contributed by atoms with van der Waals surface area (Å²) in [5.41, 5.74) is 1.93. The molecule has 0 aliphatic heterocycles. The standard InChI is InChI=1S/C14H16Cl2N2O/c1-14(2,3)12-9(8-19)13(16)18(17-12)11-7-5-4-6-10(11)15/h4-7,19H,8H2,1-3H3. The third kappa shape index (κ3) is 2.64. The molecule has 0 aliphatic rings. The molecule has 2 rings (SSSR count). The quantitative estimate of drug-likeness (QED) is 0.911. The maximum absolute atomic E-state index is 9.52. The zero-order valence-electron chi connectivity index (χ0n) is 11.1. The molecule has 0 unspecified atom stereocenters. The number of benzene rings is 1. The summed E-state index contributed by atoms with van der Waals surface area (Å²) in [6.07, 6.45) is 0. The van der Waals surface area contributed by atoms with Crippen LogP contribution >= 0.6 is 23.2 Å². The van der Waals surface area contributed by atoms with Gasteiger partial charge in [-0.2, -0.15) is 5.10 Å². The fourth-order valence-electron chi connectivity index (χ4n) is 1.96. The summed E-state index contributed by atoms with van der Waals surface area (Å²) in [6.45, 7) is 5.95. The molecule has 0 saturated heterocycles. The third-order valence-corrected chi connectivity index (χ3v) is 3.58. The van der Waals surface area contributed by atoms with Crippen molar-refractivity contribution in [2.75, 3.05) is 0 Å². The van der Waals surface area contributed by atoms with Crippen molar-refractivity contribution in [3.63, 3.8) is 0 Å². The number of para-hydroxylation sites is 1. The molecule has 0 fully saturated rings. The molecular weight excluding hydrogens is 283 g/mol. The summed E-state index contributed by atoms with van der Waals surface area (Å²) in [5.74, 6) is 0. The topological polar surface area (TPSA) is 38.0 Å². The van der Waals surface area contributed by atoms with Crippen LogP contribution in [0.5, 0.6) is 0 Å². The van der Waals surface area contributed by atoms with Crippen molar-refractivity contribution in [3.8, 4) is 5.69 Å². The van der Waals surface area contributed by atoms with Gasteiger partial charge in [-0.15, -0.1) is 0 Å². The Morgan fingerprint density at radius 1 is 1.21 bits per heavy atom. The maximum atomic E-state index is 9.52. The van der Waals surface area contributed by atoms with E-state index >= 15 is 0 Å². The molecule has 1 aromatic carbocycles. The number of rotatable bonds is 2. The number of aliphatic hydroxyl groups excluding tert-OH is 1. The van der Waals surface area contributed by atoms with Crippen LogP contribution in [0.2, 0.25) is 10.2 Å². The van der Waals surface area contributed by atoms with E-state index in [1.54, 1.807) is 10.7 Å². The van der Waals surface area contributed by atoms with Gasteiger partial charge < -0.3 is 5.11 Å². The molecule has 2 aromatic rings. The van der Waals surface area contributed by atoms with Crippen LogP contribution in [0.3, 0.4) is 0 Å². The summed E-state index contributed by atoms with van der Waals surface area (Å²) in [6, 6.07) is 7.34. The van der Waals surface area contributed by atoms with Crippen LogP contribution in [0.25, 0.3) is 5.69 Å². The molecule has 0 amide bonds. The second-order valence-corrected chi connectivity index (χ2v) is 6.15. The van der Waals surface area contributed by atoms with E-state index in [1.165, 1.54) is 0 Å². The molecule has 19 heavy (non-hydrogen) atoms. The Morgan fingerprint density at radius 2 is 1.84 bits per heavy atom. The predicted molar refractivity (Wildman–Crippen MR) is 78.2 cm³/mol. The van der Waals surface area contributed by atoms with E-state index in [2.05, 4.69) is 5.10 Å². The lowest BCUT2D eigenvalue weighted by Gasteiger charge is -2.16. The molecule has 3 nitrogen and oxygen atoms in total. The number of nitrogens with zero attached hydrogens (tertiary/aromatic N) is 2. The highest BCUT2D eigenvalue weighted by molar-refractivity contribution is 6.33. The lowest BCUT2D eigenvalue weighted by molar-refractivity contribution is 0.278. The highest BCUT2D eigenvalue weighted by Crippen LogP contribution is 2.33. The van der Waals surface area contributed by atoms with Crippen molar-refractivity contribution < 1.29 is 5.11 Å². The first-order valence-corrected chi connectivity index (χ1v) is 6.75. The first-order chi connectivity index (χ1) is 8.86. The van der Waals surface area contributed by atoms with E-state index in [0.717, 1.165) is 5.69 Å². The molecule has 0 radical (unpaired) electrons. The van der Waals surface area contributed by atoms with Crippen molar-refractivity contribution in [1.82, 2.24) is 9.78 Å². The van der Waals surface area contributed by atoms with E-state index in [-0.39, 0.29) is 12.0 Å². The lowest BCUT2D eigenvalue weighted by atomic mass is 9.90. The summed E-state index contributed by atoms with van der Waals surface area (Å²) >= 11 is 12.5. The van der Waals surface area contributed by atoms with Gasteiger partial charge >= 0.3 is 0 Å². The summed E-state index contributed by atoms with van der Waals surface area (Å²) in [7, 11) is 0. The molecule has 0 aliphatic carbocycles. The van der Waals surface area contributed by atoms with Gasteiger partial charge in [-0.1, -0.05) is 56.1 Å². The Hall–Kier alpha value is -1.03. The van der Waals surface area contributed by atoms with Crippen LogP contribution in [-0.4, -0.2) is 14.9 Å². The van der Waals surface area contributed by atoms with Crippen molar-refractivity contribution in [1.29, 1.82) is 0 Å². The molecule has 0 atom stereocenters. The fraction of sp³-hybridized carbons (Fsp3) is 0.357. The minimum atomic E-state index is -0.200. The summed E-state index contributed by atoms with van der Waals surface area (Å²) in [4.78, 5) is 0. The SMILES string of the molecule is CC(C)(C)c1nn(-c2ccccc2Cl)c(Cl)c1CO. The van der Waals surface area contributed by atoms with Gasteiger partial charge in [0.25, 0.3) is 0 Å². The average Bonchev–Trinajstić information content (AvgIpc) is 2.67. The largest absolute Gasteiger partial charge is 0.391 e. The van der Waals surface area contributed by atoms with Crippen molar-refractivity contribution in [3.05, 3.63) is 45.7 Å². The zero-order chi connectivity index (χ0) is 14.2. The molecule has 0 saturated carbocycles. The van der Waals surface area contributed by atoms with E-state index in [1.807, 2.05) is 39.0 Å². The van der Waals surface area contributed by atoms with Gasteiger partial charge in [0.05, 0.1) is 23.0 Å². The van der Waals surface area contributed by atoms with E-state index in [0.29, 0.717) is 21.4 Å². The van der Waals surface area contributed by atoms with Crippen LogP contribution in [0, 0.1) is 0 Å². The number of hydrogen-bond acceptors (Lipinski definition) is 2. The number of aromatic nitrogens is 2. The zero-order valence-corrected chi connectivity index (χ0v) is 12.6. The van der Waals surface area contributed by atoms with E-state index in [4.69, 9.17) is 23.2 Å². The smallest absolute Gasteiger partial charge is 0.138 e. The number of halogens is 2. The molecule has 1 N–H and O–H groups in total. The van der Waals surface area contributed by atoms with Crippen LogP contribution in [0.4, 0.5) is 0 Å². The number of hydrogen-bond donors (Lipinski definition) is 1. The van der Waals surface area contributed by atoms with Gasteiger partial charge in [0.1, 0.15) is 5.15 Å². The van der Waals surface area contributed by atoms with Crippen LogP contribution in [-0.2, 0) is 12.0 Å². The van der Waals surface area contributed by atoms with Crippen molar-refractivity contribution >= 4 is 23.2 Å². The Morgan fingerprint density at radius 3 is 2.32 bits per heavy atom. The van der Waals surface area contributed by atoms with Crippen molar-refractivity contribution in [2.24, 2.45) is 0 Å². The highest BCUT2D eigenvalue weighted by Gasteiger charge is 2.26. The van der Waals surface area contributed by atoms with Crippen molar-refractivity contribution in [2.45, 2.75) is 32.8 Å². The molecule has 5 heteroatoms. The van der Waals surface area contributed by atoms with Gasteiger partial charge in [-0.3, -0.25) is 0 Å². The summed E-state index contributed by atoms with van der Waals surface area (Å²) < 4.78 is 1.58. The average molecular weight is 299 g/mol. The first kappa shape index (κ1) is 14.4. The number of aliphatic hydroxyl groups is 1. The predicted octanol–water partition coefficient (Wildman–Crippen LogP) is 3.97. The Balaban J connectivity index is 2.67. The molecule has 0 bridgehead atoms. The third-order valence-electron chi connectivity index (χ3n) is 2.87. The molecular formula is C14H16Cl2N2O. The Bertz CT molecular complexity index is 600. The molecule has 0 spiro atoms. The maximum Gasteiger partial charge on any atom is 0.138 e. The van der Waals surface area contributed by atoms with Gasteiger partial charge in [0, 0.05) is 11.0 Å². The van der Waals surface area contributed by atoms with Gasteiger partial charge in [0.15, 0.2) is 0 Å². The van der Waals surface area contributed by atoms with E-state index in [9.17, 15) is 5.11 Å². The second-order valence-electron chi connectivity index (χ2n) is 5.39. The normalized spacial score (nSPS) is 11.9.